The maximum Gasteiger partial charge on any atom is 1.00 e. The summed E-state index contributed by atoms with van der Waals surface area (Å²) >= 11 is 0. The van der Waals surface area contributed by atoms with Crippen LogP contribution in [-0.2, 0) is 20.2 Å². The van der Waals surface area contributed by atoms with Crippen molar-refractivity contribution in [1.82, 2.24) is 0 Å². The van der Waals surface area contributed by atoms with Gasteiger partial charge in [0.2, 0.25) is 0 Å². The fourth-order valence-electron chi connectivity index (χ4n) is 8.00. The van der Waals surface area contributed by atoms with Gasteiger partial charge in [0.05, 0.1) is 84.0 Å². The largest absolute Gasteiger partial charge is 1.00 e. The number of phenols is 1. The number of hydrogen-bond donors (Lipinski definition) is 8. The van der Waals surface area contributed by atoms with Crippen LogP contribution < -0.4 is 92.3 Å². The Balaban J connectivity index is 0.000000260. The molecule has 0 saturated carbocycles. The van der Waals surface area contributed by atoms with Crippen LogP contribution in [0.1, 0.15) is 20.7 Å². The summed E-state index contributed by atoms with van der Waals surface area (Å²) < 4.78 is 63.0. The minimum absolute atomic E-state index is 0. The number of hydrogen-bond acceptors (Lipinski definition) is 25. The van der Waals surface area contributed by atoms with Gasteiger partial charge >= 0.3 is 65.1 Å². The molecule has 0 aromatic heterocycles. The predicted octanol–water partition coefficient (Wildman–Crippen LogP) is 8.87. The van der Waals surface area contributed by atoms with Gasteiger partial charge in [-0.05, 0) is 179 Å². The summed E-state index contributed by atoms with van der Waals surface area (Å²) in [6.07, 6.45) is 0. The molecule has 0 bridgehead atoms. The molecule has 10 aromatic rings. The van der Waals surface area contributed by atoms with Crippen molar-refractivity contribution in [2.24, 2.45) is 61.4 Å². The number of carboxylic acids is 2. The smallest absolute Gasteiger partial charge is 0.872 e. The summed E-state index contributed by atoms with van der Waals surface area (Å²) in [5, 5.41) is 90.9. The van der Waals surface area contributed by atoms with E-state index in [1.807, 2.05) is 48.5 Å². The molecule has 460 valence electrons. The van der Waals surface area contributed by atoms with Gasteiger partial charge in [0, 0.05) is 0 Å². The number of aromatic hydroxyl groups is 1. The number of aromatic carboxylic acids is 2. The van der Waals surface area contributed by atoms with E-state index in [1.165, 1.54) is 97.1 Å². The molecule has 32 heteroatoms. The van der Waals surface area contributed by atoms with E-state index in [9.17, 15) is 41.7 Å². The Labute approximate surface area is 578 Å². The Bertz CT molecular complexity index is 4550. The molecule has 10 rings (SSSR count). The van der Waals surface area contributed by atoms with Gasteiger partial charge in [-0.2, -0.15) is 57.7 Å². The predicted molar refractivity (Wildman–Crippen MR) is 337 cm³/mol. The fourth-order valence-corrected chi connectivity index (χ4v) is 8.96. The molecule has 12 N–H and O–H groups in total. The van der Waals surface area contributed by atoms with Gasteiger partial charge in [0.1, 0.15) is 34.1 Å². The second-order valence-corrected chi connectivity index (χ2v) is 22.1. The Kier molecular flexibility index (Phi) is 23.8. The average molecular weight is 1320 g/mol. The van der Waals surface area contributed by atoms with Gasteiger partial charge in [-0.25, -0.2) is 4.79 Å². The van der Waals surface area contributed by atoms with Crippen molar-refractivity contribution >= 4 is 123 Å². The Hall–Kier alpha value is -10.6. The first-order valence-electron chi connectivity index (χ1n) is 26.5. The fraction of sp³-hybridized carbons (Fsp3) is 0. The first kappa shape index (κ1) is 70.8. The maximum atomic E-state index is 11.6. The molecule has 0 aliphatic carbocycles. The number of nitrogens with two attached hydrogens (primary N) is 4. The average Bonchev–Trinajstić information content (AvgIpc) is 0.977. The van der Waals surface area contributed by atoms with E-state index in [2.05, 4.69) is 61.4 Å². The van der Waals surface area contributed by atoms with Crippen molar-refractivity contribution < 1.29 is 115 Å². The topological polar surface area (TPSA) is 482 Å². The number of anilines is 4. The van der Waals surface area contributed by atoms with E-state index < -0.39 is 43.5 Å². The molecule has 0 heterocycles. The molecule has 0 radical (unpaired) electrons. The van der Waals surface area contributed by atoms with Crippen LogP contribution in [0.25, 0.3) is 22.3 Å². The van der Waals surface area contributed by atoms with E-state index >= 15 is 0 Å². The Morgan fingerprint density at radius 2 is 0.585 bits per heavy atom. The minimum Gasteiger partial charge on any atom is -0.872 e. The minimum atomic E-state index is -4.32. The summed E-state index contributed by atoms with van der Waals surface area (Å²) in [7, 11) is -8.64. The van der Waals surface area contributed by atoms with E-state index in [0.717, 1.165) is 34.4 Å². The van der Waals surface area contributed by atoms with E-state index in [1.54, 1.807) is 48.5 Å². The molecule has 0 aliphatic rings. The molecular weight excluding hydrogens is 1270 g/mol. The summed E-state index contributed by atoms with van der Waals surface area (Å²) in [6.45, 7) is 0. The molecule has 0 spiro atoms. The number of carbonyl (C=O) groups is 2. The third kappa shape index (κ3) is 19.2. The summed E-state index contributed by atoms with van der Waals surface area (Å²) in [5.41, 5.74) is 32.6. The van der Waals surface area contributed by atoms with Crippen LogP contribution in [0.4, 0.5) is 91.0 Å². The van der Waals surface area contributed by atoms with E-state index in [-0.39, 0.29) is 126 Å². The molecule has 10 aromatic carbocycles. The summed E-state index contributed by atoms with van der Waals surface area (Å²) in [4.78, 5) is 21.7. The second-order valence-electron chi connectivity index (χ2n) is 19.2. The van der Waals surface area contributed by atoms with Crippen LogP contribution in [0.2, 0.25) is 0 Å². The molecule has 0 unspecified atom stereocenters. The third-order valence-corrected chi connectivity index (χ3v) is 14.5. The van der Waals surface area contributed by atoms with Crippen LogP contribution in [0.5, 0.6) is 11.5 Å². The number of nitrogens with zero attached hydrogens (tertiary/aromatic N) is 12. The SMILES string of the molecule is Nc1cc(N)c(N=Nc2ccc(S(=O)(=O)O)cc2)cc1N=Nc1ccc(-c2ccc(N=Nc3ccc(O)c(C(=O)O)c3)cc2)cc1.Nc1cc(N)c(N=Nc2ccc(S(=O)(=O)O)cc2)cc1N=Nc1ccc(-c2ccc(N=Nc3ccc([O-])c(C(=O)[O-])c3)cc2)cc1.[Na+].[Na+]. The molecule has 0 aliphatic heterocycles. The zero-order valence-electron chi connectivity index (χ0n) is 49.2. The normalized spacial score (nSPS) is 11.7. The van der Waals surface area contributed by atoms with Crippen molar-refractivity contribution in [3.05, 3.63) is 217 Å². The van der Waals surface area contributed by atoms with Crippen molar-refractivity contribution in [3.63, 3.8) is 0 Å². The van der Waals surface area contributed by atoms with Crippen molar-refractivity contribution in [3.8, 4) is 33.8 Å². The molecule has 28 nitrogen and oxygen atoms in total. The van der Waals surface area contributed by atoms with E-state index in [4.69, 9.17) is 37.1 Å². The van der Waals surface area contributed by atoms with Crippen LogP contribution in [-0.4, -0.2) is 48.1 Å². The van der Waals surface area contributed by atoms with Gasteiger partial charge in [0.15, 0.2) is 0 Å². The number of azo groups is 6. The first-order chi connectivity index (χ1) is 43.9. The van der Waals surface area contributed by atoms with Gasteiger partial charge < -0.3 is 48.2 Å². The number of nitrogen functional groups attached to an aromatic ring is 4. The molecular formula is C62H46N16Na2O12S2. The third-order valence-electron chi connectivity index (χ3n) is 12.8. The zero-order valence-corrected chi connectivity index (χ0v) is 54.8. The van der Waals surface area contributed by atoms with Crippen LogP contribution in [0.15, 0.2) is 277 Å². The van der Waals surface area contributed by atoms with Gasteiger partial charge in [-0.1, -0.05) is 60.3 Å². The van der Waals surface area contributed by atoms with Gasteiger partial charge in [-0.15, -0.1) is 20.5 Å². The number of carboxylic acid groups (broad SMARTS) is 2. The summed E-state index contributed by atoms with van der Waals surface area (Å²) in [5.74, 6) is -3.85. The van der Waals surface area contributed by atoms with Crippen LogP contribution in [0.3, 0.4) is 0 Å². The molecule has 0 atom stereocenters. The molecule has 0 fully saturated rings. The number of carbonyl (C=O) groups excluding carboxylic acids is 1. The van der Waals surface area contributed by atoms with Crippen molar-refractivity contribution in [2.75, 3.05) is 22.9 Å². The van der Waals surface area contributed by atoms with Crippen molar-refractivity contribution in [1.29, 1.82) is 0 Å². The molecule has 0 amide bonds. The van der Waals surface area contributed by atoms with Gasteiger partial charge in [0.25, 0.3) is 20.2 Å². The van der Waals surface area contributed by atoms with Gasteiger partial charge in [-0.3, -0.25) is 9.11 Å². The quantitative estimate of drug-likeness (QED) is 0.0172. The Morgan fingerprint density at radius 1 is 0.340 bits per heavy atom. The number of benzene rings is 10. The summed E-state index contributed by atoms with van der Waals surface area (Å²) in [6, 6.07) is 52.8. The van der Waals surface area contributed by atoms with Crippen molar-refractivity contribution in [2.45, 2.75) is 9.79 Å². The zero-order chi connectivity index (χ0) is 65.7. The standard InChI is InChI=1S/2C31H24N8O6S.2Na/c2*32-26-16-27(33)29(39-36-22-9-12-24(13-10-22)46(43,44)45)17-28(26)38-35-21-7-3-19(4-8-21)18-1-5-20(6-2-18)34-37-23-11-14-30(40)25(15-23)31(41)42;;/h2*1-17,40H,32-33H2,(H,41,42)(H,43,44,45);;/q;;2*+1/p-2. The second kappa shape index (κ2) is 31.6. The van der Waals surface area contributed by atoms with E-state index in [0.29, 0.717) is 45.5 Å². The monoisotopic (exact) mass is 1320 g/mol. The number of rotatable bonds is 18. The molecule has 0 saturated heterocycles. The Morgan fingerprint density at radius 3 is 0.862 bits per heavy atom. The maximum absolute atomic E-state index is 11.6. The first-order valence-corrected chi connectivity index (χ1v) is 29.3. The van der Waals surface area contributed by atoms with Crippen LogP contribution >= 0.6 is 0 Å². The molecule has 94 heavy (non-hydrogen) atoms. The van der Waals surface area contributed by atoms with Crippen LogP contribution in [0, 0.1) is 0 Å².